The molecule has 0 aromatic heterocycles. The molecule has 0 aliphatic rings. The predicted molar refractivity (Wildman–Crippen MR) is 82.8 cm³/mol. The maximum absolute atomic E-state index is 11.8. The Kier molecular flexibility index (Phi) is 5.70. The molecule has 4 nitrogen and oxygen atoms in total. The lowest BCUT2D eigenvalue weighted by Crippen LogP contribution is -2.34. The molecule has 19 heavy (non-hydrogen) atoms. The van der Waals surface area contributed by atoms with Crippen LogP contribution in [0, 0.1) is 5.41 Å². The number of sulfonamides is 1. The first kappa shape index (κ1) is 16.3. The molecule has 0 fully saturated rings. The maximum Gasteiger partial charge on any atom is 0.212 e. The summed E-state index contributed by atoms with van der Waals surface area (Å²) in [6, 6.07) is 7.47. The van der Waals surface area contributed by atoms with Crippen molar-refractivity contribution in [2.24, 2.45) is 5.41 Å². The Bertz CT molecular complexity index is 508. The molecule has 0 saturated heterocycles. The van der Waals surface area contributed by atoms with Crippen LogP contribution in [0.5, 0.6) is 0 Å². The average Bonchev–Trinajstić information content (AvgIpc) is 2.28. The van der Waals surface area contributed by atoms with E-state index < -0.39 is 10.0 Å². The van der Waals surface area contributed by atoms with Crippen molar-refractivity contribution in [2.75, 3.05) is 23.8 Å². The van der Waals surface area contributed by atoms with Crippen molar-refractivity contribution < 1.29 is 8.42 Å². The second-order valence-electron chi connectivity index (χ2n) is 5.59. The van der Waals surface area contributed by atoms with Crippen molar-refractivity contribution in [3.05, 3.63) is 24.3 Å². The Balaban J connectivity index is 2.42. The molecule has 1 aromatic carbocycles. The summed E-state index contributed by atoms with van der Waals surface area (Å²) in [7, 11) is -3.21. The van der Waals surface area contributed by atoms with Gasteiger partial charge in [0.25, 0.3) is 0 Å². The number of hydrogen-bond donors (Lipinski definition) is 2. The number of thioether (sulfide) groups is 1. The summed E-state index contributed by atoms with van der Waals surface area (Å²) in [6.45, 7) is 6.44. The molecule has 1 rings (SSSR count). The van der Waals surface area contributed by atoms with Gasteiger partial charge in [-0.3, -0.25) is 0 Å². The lowest BCUT2D eigenvalue weighted by atomic mass is 9.98. The van der Waals surface area contributed by atoms with E-state index in [1.807, 2.05) is 45.0 Å². The Morgan fingerprint density at radius 1 is 1.26 bits per heavy atom. The van der Waals surface area contributed by atoms with E-state index in [2.05, 4.69) is 4.72 Å². The van der Waals surface area contributed by atoms with Gasteiger partial charge >= 0.3 is 0 Å². The summed E-state index contributed by atoms with van der Waals surface area (Å²) in [5.74, 6) is 0.593. The second kappa shape index (κ2) is 6.63. The fourth-order valence-corrected chi connectivity index (χ4v) is 3.91. The predicted octanol–water partition coefficient (Wildman–Crippen LogP) is 2.33. The van der Waals surface area contributed by atoms with Gasteiger partial charge in [-0.2, -0.15) is 0 Å². The van der Waals surface area contributed by atoms with Gasteiger partial charge in [-0.05, 0) is 17.5 Å². The zero-order valence-corrected chi connectivity index (χ0v) is 13.3. The van der Waals surface area contributed by atoms with Crippen molar-refractivity contribution >= 4 is 27.5 Å². The molecule has 6 heteroatoms. The number of nitrogen functional groups attached to an aromatic ring is 1. The molecule has 3 N–H and O–H groups in total. The molecule has 0 atom stereocenters. The van der Waals surface area contributed by atoms with Crippen molar-refractivity contribution in [1.82, 2.24) is 4.72 Å². The third-order valence-corrected chi connectivity index (χ3v) is 5.03. The molecule has 0 saturated carbocycles. The highest BCUT2D eigenvalue weighted by Crippen LogP contribution is 2.24. The second-order valence-corrected chi connectivity index (χ2v) is 8.65. The van der Waals surface area contributed by atoms with Crippen molar-refractivity contribution in [2.45, 2.75) is 25.7 Å². The van der Waals surface area contributed by atoms with Gasteiger partial charge in [0.15, 0.2) is 0 Å². The smallest absolute Gasteiger partial charge is 0.212 e. The highest BCUT2D eigenvalue weighted by molar-refractivity contribution is 8.00. The van der Waals surface area contributed by atoms with E-state index in [0.717, 1.165) is 4.90 Å². The third-order valence-electron chi connectivity index (χ3n) is 2.35. The molecular weight excluding hydrogens is 280 g/mol. The molecule has 0 radical (unpaired) electrons. The summed E-state index contributed by atoms with van der Waals surface area (Å²) in [4.78, 5) is 0.925. The van der Waals surface area contributed by atoms with Crippen LogP contribution >= 0.6 is 11.8 Å². The molecule has 0 aliphatic carbocycles. The lowest BCUT2D eigenvalue weighted by molar-refractivity contribution is 0.408. The van der Waals surface area contributed by atoms with Crippen LogP contribution in [0.25, 0.3) is 0 Å². The molecule has 0 spiro atoms. The van der Waals surface area contributed by atoms with Crippen LogP contribution in [0.4, 0.5) is 5.69 Å². The van der Waals surface area contributed by atoms with Gasteiger partial charge in [-0.1, -0.05) is 32.9 Å². The van der Waals surface area contributed by atoms with Gasteiger partial charge in [0.2, 0.25) is 10.0 Å². The van der Waals surface area contributed by atoms with Crippen LogP contribution in [0.1, 0.15) is 20.8 Å². The molecule has 0 heterocycles. The van der Waals surface area contributed by atoms with Gasteiger partial charge in [0.05, 0.1) is 5.75 Å². The number of hydrogen-bond acceptors (Lipinski definition) is 4. The SMILES string of the molecule is CC(C)(C)CNS(=O)(=O)CCSc1ccccc1N. The summed E-state index contributed by atoms with van der Waals surface area (Å²) >= 11 is 1.46. The van der Waals surface area contributed by atoms with Crippen LogP contribution in [-0.4, -0.2) is 26.5 Å². The summed E-state index contributed by atoms with van der Waals surface area (Å²) < 4.78 is 26.2. The van der Waals surface area contributed by atoms with E-state index in [9.17, 15) is 8.42 Å². The molecule has 0 unspecified atom stereocenters. The number of anilines is 1. The minimum absolute atomic E-state index is 0.0515. The van der Waals surface area contributed by atoms with Crippen LogP contribution in [0.3, 0.4) is 0 Å². The Hall–Kier alpha value is -0.720. The van der Waals surface area contributed by atoms with E-state index in [4.69, 9.17) is 5.73 Å². The van der Waals surface area contributed by atoms with Crippen LogP contribution in [0.15, 0.2) is 29.2 Å². The lowest BCUT2D eigenvalue weighted by Gasteiger charge is -2.18. The minimum Gasteiger partial charge on any atom is -0.398 e. The first-order valence-electron chi connectivity index (χ1n) is 6.14. The van der Waals surface area contributed by atoms with Crippen LogP contribution in [-0.2, 0) is 10.0 Å². The highest BCUT2D eigenvalue weighted by atomic mass is 32.2. The summed E-state index contributed by atoms with van der Waals surface area (Å²) in [5.41, 5.74) is 6.44. The van der Waals surface area contributed by atoms with Crippen molar-refractivity contribution in [3.8, 4) is 0 Å². The molecular formula is C13H22N2O2S2. The van der Waals surface area contributed by atoms with Gasteiger partial charge < -0.3 is 5.73 Å². The number of nitrogens with two attached hydrogens (primary N) is 1. The van der Waals surface area contributed by atoms with E-state index in [1.165, 1.54) is 11.8 Å². The average molecular weight is 302 g/mol. The first-order chi connectivity index (χ1) is 8.70. The largest absolute Gasteiger partial charge is 0.398 e. The molecule has 108 valence electrons. The molecule has 0 amide bonds. The number of para-hydroxylation sites is 1. The maximum atomic E-state index is 11.8. The Morgan fingerprint density at radius 3 is 2.47 bits per heavy atom. The van der Waals surface area contributed by atoms with E-state index in [-0.39, 0.29) is 11.2 Å². The minimum atomic E-state index is -3.21. The number of benzene rings is 1. The van der Waals surface area contributed by atoms with Crippen molar-refractivity contribution in [1.29, 1.82) is 0 Å². The standard InChI is InChI=1S/C13H22N2O2S2/c1-13(2,3)10-15-19(16,17)9-8-18-12-7-5-4-6-11(12)14/h4-7,15H,8-10,14H2,1-3H3. The van der Waals surface area contributed by atoms with Gasteiger partial charge in [-0.15, -0.1) is 11.8 Å². The van der Waals surface area contributed by atoms with Crippen LogP contribution < -0.4 is 10.5 Å². The van der Waals surface area contributed by atoms with Crippen molar-refractivity contribution in [3.63, 3.8) is 0 Å². The molecule has 1 aromatic rings. The zero-order valence-electron chi connectivity index (χ0n) is 11.6. The Morgan fingerprint density at radius 2 is 1.89 bits per heavy atom. The monoisotopic (exact) mass is 302 g/mol. The molecule has 0 aliphatic heterocycles. The summed E-state index contributed by atoms with van der Waals surface area (Å²) in [6.07, 6.45) is 0. The van der Waals surface area contributed by atoms with E-state index in [0.29, 0.717) is 18.0 Å². The van der Waals surface area contributed by atoms with E-state index >= 15 is 0 Å². The fraction of sp³-hybridized carbons (Fsp3) is 0.538. The molecule has 0 bridgehead atoms. The zero-order chi connectivity index (χ0) is 14.5. The number of nitrogens with one attached hydrogen (secondary N) is 1. The normalized spacial score (nSPS) is 12.6. The van der Waals surface area contributed by atoms with Crippen LogP contribution in [0.2, 0.25) is 0 Å². The third kappa shape index (κ3) is 6.84. The highest BCUT2D eigenvalue weighted by Gasteiger charge is 2.16. The van der Waals surface area contributed by atoms with Gasteiger partial charge in [0, 0.05) is 22.9 Å². The van der Waals surface area contributed by atoms with Gasteiger partial charge in [-0.25, -0.2) is 13.1 Å². The first-order valence-corrected chi connectivity index (χ1v) is 8.78. The fourth-order valence-electron chi connectivity index (χ4n) is 1.27. The van der Waals surface area contributed by atoms with Gasteiger partial charge in [0.1, 0.15) is 0 Å². The Labute approximate surface area is 120 Å². The quantitative estimate of drug-likeness (QED) is 0.625. The van der Waals surface area contributed by atoms with E-state index in [1.54, 1.807) is 0 Å². The topological polar surface area (TPSA) is 72.2 Å². The number of rotatable bonds is 6. The summed E-state index contributed by atoms with van der Waals surface area (Å²) in [5, 5.41) is 0.